The molecule has 0 aliphatic rings. The molecule has 4 nitrogen and oxygen atoms in total. The van der Waals surface area contributed by atoms with Gasteiger partial charge in [-0.25, -0.2) is 0 Å². The van der Waals surface area contributed by atoms with Crippen molar-refractivity contribution in [3.8, 4) is 5.75 Å². The third-order valence-corrected chi connectivity index (χ3v) is 2.82. The van der Waals surface area contributed by atoms with Crippen molar-refractivity contribution in [1.29, 1.82) is 0 Å². The van der Waals surface area contributed by atoms with Crippen molar-refractivity contribution in [3.05, 3.63) is 29.3 Å². The van der Waals surface area contributed by atoms with Crippen LogP contribution in [0, 0.1) is 6.92 Å². The number of carbonyl (C=O) groups is 1. The fourth-order valence-electron chi connectivity index (χ4n) is 1.84. The molecule has 1 aromatic rings. The van der Waals surface area contributed by atoms with E-state index < -0.39 is 0 Å². The molecule has 0 saturated heterocycles. The van der Waals surface area contributed by atoms with Crippen LogP contribution >= 0.6 is 0 Å². The molecule has 1 amide bonds. The van der Waals surface area contributed by atoms with Crippen LogP contribution in [0.3, 0.4) is 0 Å². The number of hydrogen-bond donors (Lipinski definition) is 1. The highest BCUT2D eigenvalue weighted by atomic mass is 16.5. The largest absolute Gasteiger partial charge is 0.496 e. The summed E-state index contributed by atoms with van der Waals surface area (Å²) in [5.41, 5.74) is 2.05. The topological polar surface area (TPSA) is 47.6 Å². The first-order chi connectivity index (χ1) is 9.17. The van der Waals surface area contributed by atoms with Gasteiger partial charge in [0.2, 0.25) is 5.91 Å². The zero-order chi connectivity index (χ0) is 14.1. The molecule has 0 aromatic heterocycles. The molecule has 0 fully saturated rings. The van der Waals surface area contributed by atoms with E-state index in [4.69, 9.17) is 9.47 Å². The Labute approximate surface area is 115 Å². The smallest absolute Gasteiger partial charge is 0.224 e. The first-order valence-corrected chi connectivity index (χ1v) is 6.65. The van der Waals surface area contributed by atoms with Gasteiger partial charge in [0.15, 0.2) is 0 Å². The molecule has 106 valence electrons. The monoisotopic (exact) mass is 265 g/mol. The van der Waals surface area contributed by atoms with E-state index in [0.717, 1.165) is 29.9 Å². The molecular formula is C15H23NO3. The van der Waals surface area contributed by atoms with E-state index in [0.29, 0.717) is 19.6 Å². The first-order valence-electron chi connectivity index (χ1n) is 6.65. The minimum absolute atomic E-state index is 0.0427. The van der Waals surface area contributed by atoms with Gasteiger partial charge >= 0.3 is 0 Å². The normalized spacial score (nSPS) is 10.3. The van der Waals surface area contributed by atoms with Crippen molar-refractivity contribution in [3.63, 3.8) is 0 Å². The lowest BCUT2D eigenvalue weighted by Gasteiger charge is -2.08. The van der Waals surface area contributed by atoms with Gasteiger partial charge < -0.3 is 14.8 Å². The van der Waals surface area contributed by atoms with Crippen LogP contribution in [0.1, 0.15) is 24.5 Å². The molecular weight excluding hydrogens is 242 g/mol. The quantitative estimate of drug-likeness (QED) is 0.732. The van der Waals surface area contributed by atoms with E-state index in [1.54, 1.807) is 7.11 Å². The van der Waals surface area contributed by atoms with Crippen LogP contribution in [0.25, 0.3) is 0 Å². The highest BCUT2D eigenvalue weighted by Crippen LogP contribution is 2.18. The fraction of sp³-hybridized carbons (Fsp3) is 0.533. The summed E-state index contributed by atoms with van der Waals surface area (Å²) >= 11 is 0. The molecule has 0 atom stereocenters. The van der Waals surface area contributed by atoms with Crippen molar-refractivity contribution in [1.82, 2.24) is 5.32 Å². The maximum atomic E-state index is 11.7. The van der Waals surface area contributed by atoms with Gasteiger partial charge in [0.1, 0.15) is 5.75 Å². The Balaban J connectivity index is 2.34. The molecule has 0 saturated carbocycles. The van der Waals surface area contributed by atoms with E-state index >= 15 is 0 Å². The molecule has 19 heavy (non-hydrogen) atoms. The van der Waals surface area contributed by atoms with Gasteiger partial charge in [-0.3, -0.25) is 4.79 Å². The molecule has 4 heteroatoms. The summed E-state index contributed by atoms with van der Waals surface area (Å²) in [6.45, 7) is 6.01. The summed E-state index contributed by atoms with van der Waals surface area (Å²) in [5, 5.41) is 2.89. The molecule has 0 aliphatic heterocycles. The van der Waals surface area contributed by atoms with Crippen molar-refractivity contribution >= 4 is 5.91 Å². The summed E-state index contributed by atoms with van der Waals surface area (Å²) in [5.74, 6) is 0.891. The number of carbonyl (C=O) groups excluding carboxylic acids is 1. The molecule has 0 spiro atoms. The number of amides is 1. The lowest BCUT2D eigenvalue weighted by molar-refractivity contribution is -0.120. The Bertz CT molecular complexity index is 404. The molecule has 0 unspecified atom stereocenters. The second-order valence-corrected chi connectivity index (χ2v) is 4.38. The Hall–Kier alpha value is -1.55. The summed E-state index contributed by atoms with van der Waals surface area (Å²) in [4.78, 5) is 11.7. The number of methoxy groups -OCH3 is 1. The Kier molecular flexibility index (Phi) is 6.97. The van der Waals surface area contributed by atoms with Gasteiger partial charge in [-0.15, -0.1) is 0 Å². The predicted molar refractivity (Wildman–Crippen MR) is 75.6 cm³/mol. The SMILES string of the molecule is CCOCCCNC(=O)Cc1ccc(OC)c(C)c1. The van der Waals surface area contributed by atoms with Crippen LogP contribution in [-0.4, -0.2) is 32.8 Å². The second kappa shape index (κ2) is 8.53. The number of ether oxygens (including phenoxy) is 2. The highest BCUT2D eigenvalue weighted by molar-refractivity contribution is 5.78. The highest BCUT2D eigenvalue weighted by Gasteiger charge is 2.05. The number of aryl methyl sites for hydroxylation is 1. The van der Waals surface area contributed by atoms with Crippen LogP contribution in [0.5, 0.6) is 5.75 Å². The third-order valence-electron chi connectivity index (χ3n) is 2.82. The summed E-state index contributed by atoms with van der Waals surface area (Å²) in [6, 6.07) is 5.80. The third kappa shape index (κ3) is 5.75. The maximum absolute atomic E-state index is 11.7. The van der Waals surface area contributed by atoms with E-state index in [9.17, 15) is 4.79 Å². The number of benzene rings is 1. The van der Waals surface area contributed by atoms with Gasteiger partial charge in [0, 0.05) is 19.8 Å². The molecule has 1 N–H and O–H groups in total. The van der Waals surface area contributed by atoms with Crippen molar-refractivity contribution in [2.45, 2.75) is 26.7 Å². The van der Waals surface area contributed by atoms with Gasteiger partial charge in [-0.2, -0.15) is 0 Å². The lowest BCUT2D eigenvalue weighted by Crippen LogP contribution is -2.26. The van der Waals surface area contributed by atoms with Gasteiger partial charge in [0.25, 0.3) is 0 Å². The Morgan fingerprint density at radius 1 is 1.37 bits per heavy atom. The summed E-state index contributed by atoms with van der Waals surface area (Å²) < 4.78 is 10.4. The van der Waals surface area contributed by atoms with E-state index in [2.05, 4.69) is 5.32 Å². The molecule has 0 heterocycles. The zero-order valence-corrected chi connectivity index (χ0v) is 12.0. The first kappa shape index (κ1) is 15.5. The molecule has 0 bridgehead atoms. The zero-order valence-electron chi connectivity index (χ0n) is 12.0. The lowest BCUT2D eigenvalue weighted by atomic mass is 10.1. The van der Waals surface area contributed by atoms with Crippen molar-refractivity contribution in [2.75, 3.05) is 26.9 Å². The van der Waals surface area contributed by atoms with Crippen LogP contribution in [0.2, 0.25) is 0 Å². The maximum Gasteiger partial charge on any atom is 0.224 e. The standard InChI is InChI=1S/C15H23NO3/c1-4-19-9-5-8-16-15(17)11-13-6-7-14(18-3)12(2)10-13/h6-7,10H,4-5,8-9,11H2,1-3H3,(H,16,17). The Morgan fingerprint density at radius 2 is 2.16 bits per heavy atom. The van der Waals surface area contributed by atoms with Gasteiger partial charge in [-0.1, -0.05) is 12.1 Å². The van der Waals surface area contributed by atoms with Gasteiger partial charge in [-0.05, 0) is 37.5 Å². The molecule has 1 aromatic carbocycles. The van der Waals surface area contributed by atoms with E-state index in [-0.39, 0.29) is 5.91 Å². The minimum Gasteiger partial charge on any atom is -0.496 e. The summed E-state index contributed by atoms with van der Waals surface area (Å²) in [6.07, 6.45) is 1.25. The fourth-order valence-corrected chi connectivity index (χ4v) is 1.84. The number of nitrogens with one attached hydrogen (secondary N) is 1. The van der Waals surface area contributed by atoms with E-state index in [1.807, 2.05) is 32.0 Å². The van der Waals surface area contributed by atoms with Crippen molar-refractivity contribution < 1.29 is 14.3 Å². The van der Waals surface area contributed by atoms with Crippen LogP contribution in [-0.2, 0) is 16.0 Å². The molecule has 0 aliphatic carbocycles. The predicted octanol–water partition coefficient (Wildman–Crippen LogP) is 2.09. The average Bonchev–Trinajstić information content (AvgIpc) is 2.39. The van der Waals surface area contributed by atoms with Crippen LogP contribution in [0.4, 0.5) is 0 Å². The van der Waals surface area contributed by atoms with Gasteiger partial charge in [0.05, 0.1) is 13.5 Å². The molecule has 0 radical (unpaired) electrons. The minimum atomic E-state index is 0.0427. The van der Waals surface area contributed by atoms with E-state index in [1.165, 1.54) is 0 Å². The Morgan fingerprint density at radius 3 is 2.79 bits per heavy atom. The van der Waals surface area contributed by atoms with Crippen molar-refractivity contribution in [2.24, 2.45) is 0 Å². The second-order valence-electron chi connectivity index (χ2n) is 4.38. The van der Waals surface area contributed by atoms with Crippen LogP contribution in [0.15, 0.2) is 18.2 Å². The summed E-state index contributed by atoms with van der Waals surface area (Å²) in [7, 11) is 1.65. The molecule has 1 rings (SSSR count). The number of hydrogen-bond acceptors (Lipinski definition) is 3. The average molecular weight is 265 g/mol. The van der Waals surface area contributed by atoms with Crippen LogP contribution < -0.4 is 10.1 Å². The number of rotatable bonds is 8.